The quantitative estimate of drug-likeness (QED) is 0.786. The smallest absolute Gasteiger partial charge is 0.318 e. The summed E-state index contributed by atoms with van der Waals surface area (Å²) in [5, 5.41) is 5.51. The van der Waals surface area contributed by atoms with E-state index in [0.29, 0.717) is 5.75 Å². The highest BCUT2D eigenvalue weighted by atomic mass is 16.5. The van der Waals surface area contributed by atoms with E-state index in [1.165, 1.54) is 6.92 Å². The molecule has 0 spiro atoms. The van der Waals surface area contributed by atoms with Gasteiger partial charge in [-0.2, -0.15) is 0 Å². The summed E-state index contributed by atoms with van der Waals surface area (Å²) in [5.74, 6) is 0.268. The summed E-state index contributed by atoms with van der Waals surface area (Å²) in [7, 11) is 0. The molecule has 2 amide bonds. The third-order valence-corrected chi connectivity index (χ3v) is 3.59. The lowest BCUT2D eigenvalue weighted by Crippen LogP contribution is -2.69. The van der Waals surface area contributed by atoms with Gasteiger partial charge in [0.1, 0.15) is 17.5 Å². The minimum atomic E-state index is -0.979. The van der Waals surface area contributed by atoms with Gasteiger partial charge in [-0.25, -0.2) is 4.79 Å². The molecule has 1 aromatic rings. The maximum atomic E-state index is 11.9. The Morgan fingerprint density at radius 1 is 1.39 bits per heavy atom. The molecular weight excluding hydrogens is 232 g/mol. The van der Waals surface area contributed by atoms with Gasteiger partial charge < -0.3 is 10.1 Å². The molecule has 5 heteroatoms. The van der Waals surface area contributed by atoms with Gasteiger partial charge in [-0.1, -0.05) is 18.2 Å². The fourth-order valence-corrected chi connectivity index (χ4v) is 2.91. The number of amides is 2. The van der Waals surface area contributed by atoms with Crippen LogP contribution in [0, 0.1) is 5.92 Å². The number of hydrogen-bond acceptors (Lipinski definition) is 3. The number of hydrogen-bond donors (Lipinski definition) is 2. The van der Waals surface area contributed by atoms with Crippen LogP contribution in [-0.2, 0) is 4.79 Å². The van der Waals surface area contributed by atoms with E-state index in [0.717, 1.165) is 5.56 Å². The molecule has 0 aliphatic carbocycles. The van der Waals surface area contributed by atoms with Crippen LogP contribution in [0.2, 0.25) is 0 Å². The molecule has 2 N–H and O–H groups in total. The van der Waals surface area contributed by atoms with Crippen LogP contribution < -0.4 is 15.4 Å². The lowest BCUT2D eigenvalue weighted by atomic mass is 9.78. The van der Waals surface area contributed by atoms with Crippen LogP contribution in [0.5, 0.6) is 5.75 Å². The SMILES string of the molecule is CC(=O)[C@H]1[C@H]2NC(=O)N[C@@]1(C)Oc1ccccc12. The zero-order valence-corrected chi connectivity index (χ0v) is 10.2. The number of carbonyl (C=O) groups excluding carboxylic acids is 2. The van der Waals surface area contributed by atoms with Crippen molar-refractivity contribution in [1.82, 2.24) is 10.6 Å². The molecule has 5 nitrogen and oxygen atoms in total. The van der Waals surface area contributed by atoms with Gasteiger partial charge in [-0.15, -0.1) is 0 Å². The fraction of sp³-hybridized carbons (Fsp3) is 0.385. The van der Waals surface area contributed by atoms with E-state index in [9.17, 15) is 9.59 Å². The number of urea groups is 1. The molecule has 18 heavy (non-hydrogen) atoms. The molecular formula is C13H14N2O3. The van der Waals surface area contributed by atoms with Crippen LogP contribution in [0.3, 0.4) is 0 Å². The van der Waals surface area contributed by atoms with E-state index < -0.39 is 11.6 Å². The molecule has 3 rings (SSSR count). The molecule has 2 aliphatic heterocycles. The van der Waals surface area contributed by atoms with Crippen molar-refractivity contribution in [2.45, 2.75) is 25.6 Å². The highest BCUT2D eigenvalue weighted by Gasteiger charge is 2.54. The molecule has 94 valence electrons. The Labute approximate surface area is 105 Å². The molecule has 2 heterocycles. The topological polar surface area (TPSA) is 67.4 Å². The average Bonchev–Trinajstić information content (AvgIpc) is 2.26. The van der Waals surface area contributed by atoms with Crippen LogP contribution in [0.25, 0.3) is 0 Å². The Balaban J connectivity index is 2.17. The molecule has 0 radical (unpaired) electrons. The molecule has 0 unspecified atom stereocenters. The van der Waals surface area contributed by atoms with Crippen LogP contribution in [0.1, 0.15) is 25.5 Å². The molecule has 0 aromatic heterocycles. The maximum Gasteiger partial charge on any atom is 0.318 e. The maximum absolute atomic E-state index is 11.9. The third-order valence-electron chi connectivity index (χ3n) is 3.59. The number of ether oxygens (including phenoxy) is 1. The lowest BCUT2D eigenvalue weighted by Gasteiger charge is -2.49. The van der Waals surface area contributed by atoms with Crippen molar-refractivity contribution in [3.8, 4) is 5.75 Å². The Hall–Kier alpha value is -2.04. The second-order valence-electron chi connectivity index (χ2n) is 4.91. The van der Waals surface area contributed by atoms with Gasteiger partial charge in [-0.3, -0.25) is 10.1 Å². The van der Waals surface area contributed by atoms with Crippen molar-refractivity contribution < 1.29 is 14.3 Å². The van der Waals surface area contributed by atoms with E-state index in [1.54, 1.807) is 6.92 Å². The highest BCUT2D eigenvalue weighted by molar-refractivity contribution is 5.86. The average molecular weight is 246 g/mol. The van der Waals surface area contributed by atoms with Gasteiger partial charge in [0.15, 0.2) is 5.72 Å². The van der Waals surface area contributed by atoms with E-state index >= 15 is 0 Å². The molecule has 2 bridgehead atoms. The number of fused-ring (bicyclic) bond motifs is 4. The predicted octanol–water partition coefficient (Wildman–Crippen LogP) is 1.35. The van der Waals surface area contributed by atoms with E-state index in [1.807, 2.05) is 24.3 Å². The number of rotatable bonds is 1. The minimum absolute atomic E-state index is 0.00972. The van der Waals surface area contributed by atoms with Gasteiger partial charge in [0, 0.05) is 5.56 Å². The number of carbonyl (C=O) groups is 2. The summed E-state index contributed by atoms with van der Waals surface area (Å²) in [6.07, 6.45) is 0. The number of Topliss-reactive ketones (excluding diaryl/α,β-unsaturated/α-hetero) is 1. The van der Waals surface area contributed by atoms with Crippen molar-refractivity contribution in [2.24, 2.45) is 5.92 Å². The standard InChI is InChI=1S/C13H14N2O3/c1-7(16)10-11-8-5-3-4-6-9(8)18-13(10,2)15-12(17)14-11/h3-6,10-11H,1-2H3,(H2,14,15,17)/t10-,11-,13-/m0/s1. The molecule has 0 saturated carbocycles. The highest BCUT2D eigenvalue weighted by Crippen LogP contribution is 2.44. The number of benzene rings is 1. The monoisotopic (exact) mass is 246 g/mol. The first kappa shape index (κ1) is 11.1. The second-order valence-corrected chi connectivity index (χ2v) is 4.91. The van der Waals surface area contributed by atoms with Gasteiger partial charge in [0.2, 0.25) is 0 Å². The van der Waals surface area contributed by atoms with Crippen LogP contribution in [0.15, 0.2) is 24.3 Å². The van der Waals surface area contributed by atoms with Gasteiger partial charge in [0.25, 0.3) is 0 Å². The van der Waals surface area contributed by atoms with Crippen LogP contribution in [0.4, 0.5) is 4.79 Å². The van der Waals surface area contributed by atoms with Crippen LogP contribution in [-0.4, -0.2) is 17.5 Å². The Morgan fingerprint density at radius 2 is 2.11 bits per heavy atom. The molecule has 3 atom stereocenters. The molecule has 2 aliphatic rings. The van der Waals surface area contributed by atoms with E-state index in [4.69, 9.17) is 4.74 Å². The molecule has 1 aromatic carbocycles. The lowest BCUT2D eigenvalue weighted by molar-refractivity contribution is -0.134. The predicted molar refractivity (Wildman–Crippen MR) is 64.1 cm³/mol. The van der Waals surface area contributed by atoms with Crippen molar-refractivity contribution in [3.63, 3.8) is 0 Å². The number of para-hydroxylation sites is 1. The Morgan fingerprint density at radius 3 is 2.83 bits per heavy atom. The normalized spacial score (nSPS) is 32.7. The number of ketones is 1. The van der Waals surface area contributed by atoms with Crippen molar-refractivity contribution in [2.75, 3.05) is 0 Å². The fourth-order valence-electron chi connectivity index (χ4n) is 2.91. The molecule has 1 fully saturated rings. The van der Waals surface area contributed by atoms with Crippen molar-refractivity contribution in [3.05, 3.63) is 29.8 Å². The summed E-state index contributed by atoms with van der Waals surface area (Å²) in [4.78, 5) is 23.5. The third kappa shape index (κ3) is 1.40. The second kappa shape index (κ2) is 3.48. The summed E-state index contributed by atoms with van der Waals surface area (Å²) < 4.78 is 5.84. The summed E-state index contributed by atoms with van der Waals surface area (Å²) >= 11 is 0. The van der Waals surface area contributed by atoms with E-state index in [2.05, 4.69) is 10.6 Å². The first-order valence-electron chi connectivity index (χ1n) is 5.88. The zero-order valence-electron chi connectivity index (χ0n) is 10.2. The summed E-state index contributed by atoms with van der Waals surface area (Å²) in [5.41, 5.74) is -0.127. The Kier molecular flexibility index (Phi) is 2.14. The van der Waals surface area contributed by atoms with Gasteiger partial charge >= 0.3 is 6.03 Å². The van der Waals surface area contributed by atoms with Crippen molar-refractivity contribution in [1.29, 1.82) is 0 Å². The Bertz CT molecular complexity index is 543. The summed E-state index contributed by atoms with van der Waals surface area (Å²) in [6.45, 7) is 3.26. The van der Waals surface area contributed by atoms with Gasteiger partial charge in [0.05, 0.1) is 6.04 Å². The first-order chi connectivity index (χ1) is 8.51. The first-order valence-corrected chi connectivity index (χ1v) is 5.88. The zero-order chi connectivity index (χ0) is 12.9. The van der Waals surface area contributed by atoms with Crippen LogP contribution >= 0.6 is 0 Å². The van der Waals surface area contributed by atoms with E-state index in [-0.39, 0.29) is 17.9 Å². The van der Waals surface area contributed by atoms with Gasteiger partial charge in [-0.05, 0) is 19.9 Å². The number of nitrogens with one attached hydrogen (secondary N) is 2. The molecule has 1 saturated heterocycles. The largest absolute Gasteiger partial charge is 0.467 e. The minimum Gasteiger partial charge on any atom is -0.467 e. The van der Waals surface area contributed by atoms with Crippen molar-refractivity contribution >= 4 is 11.8 Å². The summed E-state index contributed by atoms with van der Waals surface area (Å²) in [6, 6.07) is 6.82.